The fourth-order valence-corrected chi connectivity index (χ4v) is 5.21. The van der Waals surface area contributed by atoms with Crippen molar-refractivity contribution in [2.75, 3.05) is 32.2 Å². The molecule has 2 aromatic rings. The molecule has 2 amide bonds. The summed E-state index contributed by atoms with van der Waals surface area (Å²) in [5.41, 5.74) is 2.96. The number of likely N-dealkylation sites (N-methyl/N-ethyl adjacent to an activating group) is 1. The Labute approximate surface area is 235 Å². The molecular weight excluding hydrogens is 517 g/mol. The molecule has 1 aliphatic heterocycles. The summed E-state index contributed by atoms with van der Waals surface area (Å²) in [4.78, 5) is 28.0. The Bertz CT molecular complexity index is 1090. The van der Waals surface area contributed by atoms with E-state index in [9.17, 15) is 19.1 Å². The van der Waals surface area contributed by atoms with Gasteiger partial charge in [0.05, 0.1) is 18.8 Å². The molecule has 2 bridgehead atoms. The average Bonchev–Trinajstić information content (AvgIpc) is 2.92. The lowest BCUT2D eigenvalue weighted by atomic mass is 9.99. The van der Waals surface area contributed by atoms with Gasteiger partial charge >= 0.3 is 0 Å². The molecule has 7 nitrogen and oxygen atoms in total. The number of hydrogen-bond donors (Lipinski definition) is 3. The molecule has 0 saturated carbocycles. The monoisotopic (exact) mass is 559 g/mol. The predicted molar refractivity (Wildman–Crippen MR) is 154 cm³/mol. The summed E-state index contributed by atoms with van der Waals surface area (Å²) >= 11 is 1.61. The molecular formula is C30H42FN3O4S. The van der Waals surface area contributed by atoms with Gasteiger partial charge in [-0.25, -0.2) is 4.39 Å². The highest BCUT2D eigenvalue weighted by Crippen LogP contribution is 2.20. The second-order valence-corrected chi connectivity index (χ2v) is 11.1. The van der Waals surface area contributed by atoms with Gasteiger partial charge in [0.15, 0.2) is 0 Å². The third-order valence-corrected chi connectivity index (χ3v) is 7.72. The van der Waals surface area contributed by atoms with Crippen molar-refractivity contribution in [1.29, 1.82) is 0 Å². The molecule has 3 N–H and O–H groups in total. The van der Waals surface area contributed by atoms with E-state index in [0.29, 0.717) is 55.9 Å². The highest BCUT2D eigenvalue weighted by Gasteiger charge is 2.30. The number of nitrogens with one attached hydrogen (secondary N) is 2. The molecule has 0 aromatic heterocycles. The number of hydrogen-bond acceptors (Lipinski definition) is 6. The number of aliphatic hydroxyl groups is 1. The van der Waals surface area contributed by atoms with Gasteiger partial charge in [0.25, 0.3) is 0 Å². The standard InChI is InChI=1S/C30H42FN3O4S/c1-4-21-8-7-9-22(14-21)19-32-20-28(35)26-17-23-15-24(31)18-25(16-23)38-12-6-5-10-29(36)34(2)27(11-13-39-3)30(37)33-26/h7-9,14-16,18,26-28,32,35H,4-6,10-13,17,19-20H2,1-3H3,(H,33,37). The summed E-state index contributed by atoms with van der Waals surface area (Å²) in [7, 11) is 1.66. The molecule has 0 spiro atoms. The molecule has 0 saturated heterocycles. The van der Waals surface area contributed by atoms with Crippen LogP contribution in [0.15, 0.2) is 42.5 Å². The second-order valence-electron chi connectivity index (χ2n) is 10.1. The number of halogens is 1. The molecule has 0 aliphatic carbocycles. The van der Waals surface area contributed by atoms with Crippen LogP contribution in [0, 0.1) is 5.82 Å². The van der Waals surface area contributed by atoms with Gasteiger partial charge in [0.2, 0.25) is 11.8 Å². The molecule has 39 heavy (non-hydrogen) atoms. The van der Waals surface area contributed by atoms with E-state index in [1.165, 1.54) is 22.6 Å². The van der Waals surface area contributed by atoms with Crippen LogP contribution in [0.1, 0.15) is 49.3 Å². The Hall–Kier alpha value is -2.62. The number of rotatable bonds is 9. The van der Waals surface area contributed by atoms with E-state index in [0.717, 1.165) is 12.0 Å². The van der Waals surface area contributed by atoms with Crippen molar-refractivity contribution < 1.29 is 23.8 Å². The zero-order valence-electron chi connectivity index (χ0n) is 23.2. The fraction of sp³-hybridized carbons (Fsp3) is 0.533. The van der Waals surface area contributed by atoms with Gasteiger partial charge < -0.3 is 25.4 Å². The maximum atomic E-state index is 14.5. The van der Waals surface area contributed by atoms with Crippen molar-refractivity contribution >= 4 is 23.6 Å². The predicted octanol–water partition coefficient (Wildman–Crippen LogP) is 3.71. The minimum absolute atomic E-state index is 0.106. The van der Waals surface area contributed by atoms with E-state index in [4.69, 9.17) is 4.74 Å². The summed E-state index contributed by atoms with van der Waals surface area (Å²) in [6, 6.07) is 11.4. The van der Waals surface area contributed by atoms with Crippen molar-refractivity contribution in [3.8, 4) is 5.75 Å². The highest BCUT2D eigenvalue weighted by atomic mass is 32.2. The summed E-state index contributed by atoms with van der Waals surface area (Å²) in [6.07, 6.45) is 4.21. The molecule has 2 aromatic carbocycles. The Morgan fingerprint density at radius 3 is 2.77 bits per heavy atom. The van der Waals surface area contributed by atoms with Crippen molar-refractivity contribution in [1.82, 2.24) is 15.5 Å². The van der Waals surface area contributed by atoms with Crippen LogP contribution in [0.5, 0.6) is 5.75 Å². The molecule has 3 rings (SSSR count). The van der Waals surface area contributed by atoms with Gasteiger partial charge in [-0.05, 0) is 72.9 Å². The number of nitrogens with zero attached hydrogens (tertiary/aromatic N) is 1. The second kappa shape index (κ2) is 15.8. The topological polar surface area (TPSA) is 90.9 Å². The van der Waals surface area contributed by atoms with Crippen LogP contribution in [0.2, 0.25) is 0 Å². The van der Waals surface area contributed by atoms with Crippen LogP contribution in [0.25, 0.3) is 0 Å². The molecule has 3 unspecified atom stereocenters. The number of amides is 2. The van der Waals surface area contributed by atoms with Crippen LogP contribution < -0.4 is 15.4 Å². The highest BCUT2D eigenvalue weighted by molar-refractivity contribution is 7.98. The summed E-state index contributed by atoms with van der Waals surface area (Å²) in [6.45, 7) is 3.26. The van der Waals surface area contributed by atoms with Gasteiger partial charge in [0.1, 0.15) is 17.6 Å². The van der Waals surface area contributed by atoms with Crippen molar-refractivity contribution in [3.63, 3.8) is 0 Å². The average molecular weight is 560 g/mol. The summed E-state index contributed by atoms with van der Waals surface area (Å²) in [5.74, 6) is 0.249. The van der Waals surface area contributed by atoms with Crippen molar-refractivity contribution in [3.05, 3.63) is 65.0 Å². The van der Waals surface area contributed by atoms with Gasteiger partial charge in [0, 0.05) is 32.6 Å². The van der Waals surface area contributed by atoms with E-state index in [-0.39, 0.29) is 24.8 Å². The van der Waals surface area contributed by atoms with E-state index in [1.54, 1.807) is 24.9 Å². The Balaban J connectivity index is 1.82. The lowest BCUT2D eigenvalue weighted by molar-refractivity contribution is -0.139. The molecule has 0 fully saturated rings. The lowest BCUT2D eigenvalue weighted by Crippen LogP contribution is -2.55. The first-order chi connectivity index (χ1) is 18.8. The third-order valence-electron chi connectivity index (χ3n) is 7.07. The molecule has 3 atom stereocenters. The molecule has 0 radical (unpaired) electrons. The largest absolute Gasteiger partial charge is 0.493 e. The summed E-state index contributed by atoms with van der Waals surface area (Å²) in [5, 5.41) is 17.5. The quantitative estimate of drug-likeness (QED) is 0.434. The van der Waals surface area contributed by atoms with Gasteiger partial charge in [-0.2, -0.15) is 11.8 Å². The Morgan fingerprint density at radius 1 is 1.21 bits per heavy atom. The van der Waals surface area contributed by atoms with Gasteiger partial charge in [-0.1, -0.05) is 31.2 Å². The van der Waals surface area contributed by atoms with Crippen LogP contribution in [0.3, 0.4) is 0 Å². The number of ether oxygens (including phenoxy) is 1. The molecule has 214 valence electrons. The number of benzene rings is 2. The van der Waals surface area contributed by atoms with E-state index < -0.39 is 24.0 Å². The first-order valence-electron chi connectivity index (χ1n) is 13.7. The number of aliphatic hydroxyl groups excluding tert-OH is 1. The number of fused-ring (bicyclic) bond motifs is 2. The van der Waals surface area contributed by atoms with Gasteiger partial charge in [-0.3, -0.25) is 9.59 Å². The number of carbonyl (C=O) groups is 2. The van der Waals surface area contributed by atoms with Crippen LogP contribution >= 0.6 is 11.8 Å². The Morgan fingerprint density at radius 2 is 2.00 bits per heavy atom. The van der Waals surface area contributed by atoms with Crippen LogP contribution in [0.4, 0.5) is 4.39 Å². The third kappa shape index (κ3) is 9.81. The SMILES string of the molecule is CCc1cccc(CNCC(O)C2Cc3cc(F)cc(c3)OCCCCC(=O)N(C)C(CCSC)C(=O)N2)c1. The van der Waals surface area contributed by atoms with E-state index in [1.807, 2.05) is 18.4 Å². The maximum absolute atomic E-state index is 14.5. The van der Waals surface area contributed by atoms with Gasteiger partial charge in [-0.15, -0.1) is 0 Å². The minimum atomic E-state index is -0.950. The van der Waals surface area contributed by atoms with E-state index >= 15 is 0 Å². The Kier molecular flexibility index (Phi) is 12.6. The molecule has 1 aliphatic rings. The zero-order valence-corrected chi connectivity index (χ0v) is 24.1. The first kappa shape index (κ1) is 30.9. The summed E-state index contributed by atoms with van der Waals surface area (Å²) < 4.78 is 20.2. The first-order valence-corrected chi connectivity index (χ1v) is 15.1. The smallest absolute Gasteiger partial charge is 0.243 e. The maximum Gasteiger partial charge on any atom is 0.243 e. The van der Waals surface area contributed by atoms with E-state index in [2.05, 4.69) is 29.7 Å². The molecule has 1 heterocycles. The van der Waals surface area contributed by atoms with Crippen molar-refractivity contribution in [2.24, 2.45) is 0 Å². The number of carbonyl (C=O) groups excluding carboxylic acids is 2. The number of aryl methyl sites for hydroxylation is 1. The van der Waals surface area contributed by atoms with Crippen LogP contribution in [-0.2, 0) is 29.0 Å². The van der Waals surface area contributed by atoms with Crippen LogP contribution in [-0.4, -0.2) is 72.2 Å². The number of thioether (sulfide) groups is 1. The lowest BCUT2D eigenvalue weighted by Gasteiger charge is -2.31. The molecule has 9 heteroatoms. The fourth-order valence-electron chi connectivity index (χ4n) is 4.75. The minimum Gasteiger partial charge on any atom is -0.493 e. The normalized spacial score (nSPS) is 20.0. The zero-order chi connectivity index (χ0) is 28.2. The van der Waals surface area contributed by atoms with Crippen molar-refractivity contribution in [2.45, 2.75) is 70.2 Å².